The summed E-state index contributed by atoms with van der Waals surface area (Å²) in [6.07, 6.45) is 1.83. The average Bonchev–Trinajstić information content (AvgIpc) is 2.94. The number of ether oxygens (including phenoxy) is 2. The van der Waals surface area contributed by atoms with Crippen molar-refractivity contribution in [2.45, 2.75) is 20.5 Å². The fraction of sp³-hybridized carbons (Fsp3) is 0.238. The first-order valence-corrected chi connectivity index (χ1v) is 10.8. The minimum absolute atomic E-state index is 0.0625. The van der Waals surface area contributed by atoms with Crippen LogP contribution in [-0.2, 0) is 11.4 Å². The Balaban J connectivity index is 1.86. The van der Waals surface area contributed by atoms with Crippen LogP contribution in [0.3, 0.4) is 0 Å². The van der Waals surface area contributed by atoms with Crippen molar-refractivity contribution in [1.29, 1.82) is 0 Å². The number of benzene rings is 2. The number of hydrogen-bond acceptors (Lipinski definition) is 5. The number of halogens is 1. The third kappa shape index (κ3) is 4.42. The maximum absolute atomic E-state index is 12.4. The molecule has 2 aromatic rings. The van der Waals surface area contributed by atoms with Crippen molar-refractivity contribution in [3.05, 3.63) is 62.5 Å². The molecule has 1 fully saturated rings. The van der Waals surface area contributed by atoms with Crippen LogP contribution in [0.5, 0.6) is 11.5 Å². The Morgan fingerprint density at radius 1 is 1.29 bits per heavy atom. The van der Waals surface area contributed by atoms with E-state index in [1.165, 1.54) is 17.3 Å². The third-order valence-corrected chi connectivity index (χ3v) is 6.34. The molecule has 0 radical (unpaired) electrons. The summed E-state index contributed by atoms with van der Waals surface area (Å²) in [6, 6.07) is 11.9. The van der Waals surface area contributed by atoms with Gasteiger partial charge in [0.05, 0.1) is 16.5 Å². The van der Waals surface area contributed by atoms with Crippen LogP contribution in [0, 0.1) is 6.92 Å². The van der Waals surface area contributed by atoms with Gasteiger partial charge in [0, 0.05) is 6.54 Å². The van der Waals surface area contributed by atoms with Crippen LogP contribution < -0.4 is 9.47 Å². The Bertz CT molecular complexity index is 959. The number of aryl methyl sites for hydroxylation is 1. The van der Waals surface area contributed by atoms with Crippen LogP contribution >= 0.6 is 39.9 Å². The van der Waals surface area contributed by atoms with E-state index in [1.54, 1.807) is 12.0 Å². The van der Waals surface area contributed by atoms with Crippen molar-refractivity contribution >= 4 is 56.2 Å². The highest BCUT2D eigenvalue weighted by atomic mass is 79.9. The van der Waals surface area contributed by atoms with Gasteiger partial charge in [0.15, 0.2) is 11.5 Å². The third-order valence-electron chi connectivity index (χ3n) is 4.37. The lowest BCUT2D eigenvalue weighted by Gasteiger charge is -2.14. The van der Waals surface area contributed by atoms with E-state index in [0.717, 1.165) is 15.6 Å². The lowest BCUT2D eigenvalue weighted by Crippen LogP contribution is -2.27. The zero-order chi connectivity index (χ0) is 20.3. The molecule has 0 aromatic heterocycles. The molecule has 3 rings (SSSR count). The van der Waals surface area contributed by atoms with E-state index in [-0.39, 0.29) is 5.91 Å². The van der Waals surface area contributed by atoms with E-state index in [9.17, 15) is 4.79 Å². The molecule has 0 N–H and O–H groups in total. The molecule has 7 heteroatoms. The molecule has 1 saturated heterocycles. The fourth-order valence-corrected chi connectivity index (χ4v) is 4.77. The highest BCUT2D eigenvalue weighted by Gasteiger charge is 2.30. The molecule has 28 heavy (non-hydrogen) atoms. The van der Waals surface area contributed by atoms with Crippen LogP contribution in [0.25, 0.3) is 6.08 Å². The standard InChI is InChI=1S/C21H20BrNO3S2/c1-4-23-20(24)18(28-21(23)27)11-14-9-16(22)19(17(10-14)25-3)26-12-15-8-6-5-7-13(15)2/h5-11H,4,12H2,1-3H3. The summed E-state index contributed by atoms with van der Waals surface area (Å²) in [5.41, 5.74) is 3.12. The molecule has 0 spiro atoms. The van der Waals surface area contributed by atoms with Crippen LogP contribution in [0.4, 0.5) is 0 Å². The summed E-state index contributed by atoms with van der Waals surface area (Å²) in [5, 5.41) is 0. The van der Waals surface area contributed by atoms with Gasteiger partial charge in [-0.05, 0) is 64.7 Å². The van der Waals surface area contributed by atoms with Gasteiger partial charge in [-0.1, -0.05) is 48.2 Å². The van der Waals surface area contributed by atoms with Crippen molar-refractivity contribution in [2.75, 3.05) is 13.7 Å². The van der Waals surface area contributed by atoms with Crippen molar-refractivity contribution < 1.29 is 14.3 Å². The minimum atomic E-state index is -0.0625. The number of thioether (sulfide) groups is 1. The van der Waals surface area contributed by atoms with Crippen molar-refractivity contribution in [3.63, 3.8) is 0 Å². The molecule has 0 bridgehead atoms. The van der Waals surface area contributed by atoms with Gasteiger partial charge in [-0.3, -0.25) is 9.69 Å². The molecular formula is C21H20BrNO3S2. The monoisotopic (exact) mass is 477 g/mol. The second-order valence-corrected chi connectivity index (χ2v) is 8.71. The molecule has 0 unspecified atom stereocenters. The highest BCUT2D eigenvalue weighted by molar-refractivity contribution is 9.10. The molecule has 0 atom stereocenters. The van der Waals surface area contributed by atoms with E-state index in [4.69, 9.17) is 21.7 Å². The molecule has 1 amide bonds. The Labute approximate surface area is 183 Å². The lowest BCUT2D eigenvalue weighted by atomic mass is 10.1. The normalized spacial score (nSPS) is 15.4. The largest absolute Gasteiger partial charge is 0.493 e. The van der Waals surface area contributed by atoms with Gasteiger partial charge < -0.3 is 9.47 Å². The van der Waals surface area contributed by atoms with Gasteiger partial charge in [-0.2, -0.15) is 0 Å². The molecule has 1 aliphatic heterocycles. The number of thiocarbonyl (C=S) groups is 1. The second-order valence-electron chi connectivity index (χ2n) is 6.18. The smallest absolute Gasteiger partial charge is 0.266 e. The van der Waals surface area contributed by atoms with Crippen LogP contribution in [0.1, 0.15) is 23.6 Å². The van der Waals surface area contributed by atoms with Crippen molar-refractivity contribution in [1.82, 2.24) is 4.90 Å². The van der Waals surface area contributed by atoms with Gasteiger partial charge in [-0.15, -0.1) is 0 Å². The van der Waals surface area contributed by atoms with Gasteiger partial charge in [-0.25, -0.2) is 0 Å². The maximum atomic E-state index is 12.4. The Morgan fingerprint density at radius 3 is 2.68 bits per heavy atom. The van der Waals surface area contributed by atoms with E-state index >= 15 is 0 Å². The van der Waals surface area contributed by atoms with E-state index in [2.05, 4.69) is 28.9 Å². The molecule has 1 aliphatic rings. The average molecular weight is 478 g/mol. The molecule has 1 heterocycles. The van der Waals surface area contributed by atoms with Crippen molar-refractivity contribution in [3.8, 4) is 11.5 Å². The zero-order valence-corrected chi connectivity index (χ0v) is 19.0. The summed E-state index contributed by atoms with van der Waals surface area (Å²) in [4.78, 5) is 14.6. The summed E-state index contributed by atoms with van der Waals surface area (Å²) in [5.74, 6) is 1.16. The Morgan fingerprint density at radius 2 is 2.04 bits per heavy atom. The molecule has 2 aromatic carbocycles. The molecule has 0 saturated carbocycles. The lowest BCUT2D eigenvalue weighted by molar-refractivity contribution is -0.121. The SMILES string of the molecule is CCN1C(=O)C(=Cc2cc(Br)c(OCc3ccccc3C)c(OC)c2)SC1=S. The number of likely N-dealkylation sites (N-methyl/N-ethyl adjacent to an activating group) is 1. The fourth-order valence-electron chi connectivity index (χ4n) is 2.81. The summed E-state index contributed by atoms with van der Waals surface area (Å²) < 4.78 is 12.9. The van der Waals surface area contributed by atoms with E-state index in [1.807, 2.05) is 43.3 Å². The molecule has 4 nitrogen and oxygen atoms in total. The number of nitrogens with zero attached hydrogens (tertiary/aromatic N) is 1. The first kappa shape index (κ1) is 20.9. The van der Waals surface area contributed by atoms with Gasteiger partial charge in [0.1, 0.15) is 10.9 Å². The number of hydrogen-bond donors (Lipinski definition) is 0. The van der Waals surface area contributed by atoms with Crippen LogP contribution in [0.2, 0.25) is 0 Å². The maximum Gasteiger partial charge on any atom is 0.266 e. The molecule has 146 valence electrons. The summed E-state index contributed by atoms with van der Waals surface area (Å²) in [6.45, 7) is 4.98. The summed E-state index contributed by atoms with van der Waals surface area (Å²) in [7, 11) is 1.60. The van der Waals surface area contributed by atoms with Gasteiger partial charge in [0.25, 0.3) is 5.91 Å². The predicted molar refractivity (Wildman–Crippen MR) is 122 cm³/mol. The first-order chi connectivity index (χ1) is 13.4. The second kappa shape index (κ2) is 9.11. The quantitative estimate of drug-likeness (QED) is 0.401. The molecule has 0 aliphatic carbocycles. The number of amides is 1. The number of rotatable bonds is 6. The van der Waals surface area contributed by atoms with Gasteiger partial charge in [0.2, 0.25) is 0 Å². The van der Waals surface area contributed by atoms with E-state index in [0.29, 0.717) is 33.9 Å². The number of carbonyl (C=O) groups excluding carboxylic acids is 1. The zero-order valence-electron chi connectivity index (χ0n) is 15.8. The minimum Gasteiger partial charge on any atom is -0.493 e. The Hall–Kier alpha value is -1.83. The number of carbonyl (C=O) groups is 1. The Kier molecular flexibility index (Phi) is 6.80. The molecular weight excluding hydrogens is 458 g/mol. The predicted octanol–water partition coefficient (Wildman–Crippen LogP) is 5.57. The summed E-state index contributed by atoms with van der Waals surface area (Å²) >= 11 is 10.2. The topological polar surface area (TPSA) is 38.8 Å². The van der Waals surface area contributed by atoms with E-state index < -0.39 is 0 Å². The number of methoxy groups -OCH3 is 1. The van der Waals surface area contributed by atoms with Crippen LogP contribution in [0.15, 0.2) is 45.8 Å². The van der Waals surface area contributed by atoms with Gasteiger partial charge >= 0.3 is 0 Å². The van der Waals surface area contributed by atoms with Crippen LogP contribution in [-0.4, -0.2) is 28.8 Å². The highest BCUT2D eigenvalue weighted by Crippen LogP contribution is 2.39. The first-order valence-electron chi connectivity index (χ1n) is 8.74. The van der Waals surface area contributed by atoms with Crippen molar-refractivity contribution in [2.24, 2.45) is 0 Å².